The summed E-state index contributed by atoms with van der Waals surface area (Å²) in [4.78, 5) is 9.02. The van der Waals surface area contributed by atoms with Crippen LogP contribution in [-0.4, -0.2) is 24.6 Å². The second kappa shape index (κ2) is 5.80. The van der Waals surface area contributed by atoms with Crippen molar-refractivity contribution in [3.63, 3.8) is 0 Å². The molecule has 2 aliphatic rings. The van der Waals surface area contributed by atoms with E-state index in [1.807, 2.05) is 11.3 Å². The summed E-state index contributed by atoms with van der Waals surface area (Å²) in [6, 6.07) is 0.502. The second-order valence-electron chi connectivity index (χ2n) is 5.98. The van der Waals surface area contributed by atoms with Gasteiger partial charge in [-0.2, -0.15) is 0 Å². The van der Waals surface area contributed by atoms with Crippen LogP contribution in [0.25, 0.3) is 0 Å². The van der Waals surface area contributed by atoms with Crippen molar-refractivity contribution in [2.45, 2.75) is 52.0 Å². The average molecular weight is 279 g/mol. The van der Waals surface area contributed by atoms with E-state index in [-0.39, 0.29) is 0 Å². The number of aromatic nitrogens is 1. The molecule has 0 bridgehead atoms. The van der Waals surface area contributed by atoms with Gasteiger partial charge in [0.15, 0.2) is 5.13 Å². The van der Waals surface area contributed by atoms with Gasteiger partial charge < -0.3 is 10.2 Å². The van der Waals surface area contributed by atoms with Crippen molar-refractivity contribution in [1.82, 2.24) is 10.3 Å². The van der Waals surface area contributed by atoms with E-state index in [1.54, 1.807) is 0 Å². The molecule has 0 radical (unpaired) electrons. The average Bonchev–Trinajstić information content (AvgIpc) is 2.85. The Bertz CT molecular complexity index is 421. The van der Waals surface area contributed by atoms with Gasteiger partial charge in [0.2, 0.25) is 0 Å². The summed E-state index contributed by atoms with van der Waals surface area (Å²) in [6.07, 6.45) is 6.44. The smallest absolute Gasteiger partial charge is 0.185 e. The van der Waals surface area contributed by atoms with E-state index >= 15 is 0 Å². The first-order valence-corrected chi connectivity index (χ1v) is 8.57. The lowest BCUT2D eigenvalue weighted by Gasteiger charge is -2.29. The molecule has 1 N–H and O–H groups in total. The van der Waals surface area contributed by atoms with Gasteiger partial charge in [-0.3, -0.25) is 0 Å². The van der Waals surface area contributed by atoms with Gasteiger partial charge in [0, 0.05) is 18.0 Å². The van der Waals surface area contributed by atoms with Gasteiger partial charge in [0.05, 0.1) is 11.7 Å². The topological polar surface area (TPSA) is 28.2 Å². The normalized spacial score (nSPS) is 24.5. The predicted molar refractivity (Wildman–Crippen MR) is 82.1 cm³/mol. The summed E-state index contributed by atoms with van der Waals surface area (Å²) in [5, 5.41) is 4.87. The summed E-state index contributed by atoms with van der Waals surface area (Å²) < 4.78 is 0. The fourth-order valence-corrected chi connectivity index (χ4v) is 4.40. The maximum absolute atomic E-state index is 4.98. The quantitative estimate of drug-likeness (QED) is 0.919. The number of nitrogens with zero attached hydrogens (tertiary/aromatic N) is 2. The maximum Gasteiger partial charge on any atom is 0.185 e. The van der Waals surface area contributed by atoms with Crippen LogP contribution >= 0.6 is 11.3 Å². The molecule has 0 spiro atoms. The first kappa shape index (κ1) is 13.4. The third-order valence-electron chi connectivity index (χ3n) is 4.45. The van der Waals surface area contributed by atoms with Gasteiger partial charge in [-0.15, -0.1) is 11.3 Å². The molecule has 1 aromatic rings. The third-order valence-corrected chi connectivity index (χ3v) is 5.64. The van der Waals surface area contributed by atoms with Crippen LogP contribution in [0.1, 0.15) is 56.1 Å². The second-order valence-corrected chi connectivity index (χ2v) is 7.04. The van der Waals surface area contributed by atoms with Crippen molar-refractivity contribution in [2.75, 3.05) is 24.5 Å². The number of aryl methyl sites for hydroxylation is 1. The predicted octanol–water partition coefficient (Wildman–Crippen LogP) is 3.37. The number of hydrogen-bond donors (Lipinski definition) is 1. The monoisotopic (exact) mass is 279 g/mol. The maximum atomic E-state index is 4.98. The van der Waals surface area contributed by atoms with Crippen molar-refractivity contribution in [3.05, 3.63) is 10.6 Å². The summed E-state index contributed by atoms with van der Waals surface area (Å²) in [7, 11) is 0. The van der Waals surface area contributed by atoms with E-state index in [0.29, 0.717) is 6.04 Å². The Morgan fingerprint density at radius 2 is 2.11 bits per heavy atom. The van der Waals surface area contributed by atoms with Crippen molar-refractivity contribution in [1.29, 1.82) is 0 Å². The molecule has 0 aromatic carbocycles. The van der Waals surface area contributed by atoms with Crippen molar-refractivity contribution in [3.8, 4) is 0 Å². The van der Waals surface area contributed by atoms with E-state index in [0.717, 1.165) is 12.5 Å². The van der Waals surface area contributed by atoms with Gasteiger partial charge in [0.25, 0.3) is 0 Å². The van der Waals surface area contributed by atoms with Crippen LogP contribution in [-0.2, 0) is 6.42 Å². The Labute approximate surface area is 120 Å². The Morgan fingerprint density at radius 1 is 1.32 bits per heavy atom. The van der Waals surface area contributed by atoms with Crippen LogP contribution < -0.4 is 10.2 Å². The fourth-order valence-electron chi connectivity index (χ4n) is 3.19. The van der Waals surface area contributed by atoms with E-state index in [2.05, 4.69) is 24.1 Å². The SMILES string of the molecule is CCNC1CCCc2sc(N3CCC(C)CC3)nc21. The Kier molecular flexibility index (Phi) is 4.08. The van der Waals surface area contributed by atoms with Crippen molar-refractivity contribution >= 4 is 16.5 Å². The van der Waals surface area contributed by atoms with Crippen LogP contribution in [0.5, 0.6) is 0 Å². The lowest BCUT2D eigenvalue weighted by Crippen LogP contribution is -2.32. The Morgan fingerprint density at radius 3 is 2.84 bits per heavy atom. The zero-order chi connectivity index (χ0) is 13.2. The molecule has 1 aromatic heterocycles. The highest BCUT2D eigenvalue weighted by Gasteiger charge is 2.26. The molecule has 1 fully saturated rings. The van der Waals surface area contributed by atoms with E-state index < -0.39 is 0 Å². The highest BCUT2D eigenvalue weighted by atomic mass is 32.1. The Hall–Kier alpha value is -0.610. The van der Waals surface area contributed by atoms with Gasteiger partial charge in [-0.25, -0.2) is 4.98 Å². The number of thiazole rings is 1. The highest BCUT2D eigenvalue weighted by Crippen LogP contribution is 2.37. The molecule has 1 aliphatic carbocycles. The van der Waals surface area contributed by atoms with Crippen LogP contribution in [0.2, 0.25) is 0 Å². The minimum Gasteiger partial charge on any atom is -0.348 e. The van der Waals surface area contributed by atoms with Crippen LogP contribution in [0.15, 0.2) is 0 Å². The van der Waals surface area contributed by atoms with Crippen molar-refractivity contribution in [2.24, 2.45) is 5.92 Å². The molecule has 1 aliphatic heterocycles. The highest BCUT2D eigenvalue weighted by molar-refractivity contribution is 7.15. The number of piperidine rings is 1. The summed E-state index contributed by atoms with van der Waals surface area (Å²) in [5.41, 5.74) is 1.35. The molecule has 1 saturated heterocycles. The third kappa shape index (κ3) is 2.79. The number of nitrogens with one attached hydrogen (secondary N) is 1. The molecule has 0 saturated carbocycles. The molecule has 3 nitrogen and oxygen atoms in total. The summed E-state index contributed by atoms with van der Waals surface area (Å²) in [6.45, 7) is 7.98. The number of fused-ring (bicyclic) bond motifs is 1. The molecular weight excluding hydrogens is 254 g/mol. The van der Waals surface area contributed by atoms with Gasteiger partial charge in [-0.05, 0) is 44.6 Å². The van der Waals surface area contributed by atoms with Gasteiger partial charge in [0.1, 0.15) is 0 Å². The molecule has 106 valence electrons. The molecule has 4 heteroatoms. The summed E-state index contributed by atoms with van der Waals surface area (Å²) >= 11 is 1.95. The standard InChI is InChI=1S/C15H25N3S/c1-3-16-12-5-4-6-13-14(12)17-15(19-13)18-9-7-11(2)8-10-18/h11-12,16H,3-10H2,1-2H3. The van der Waals surface area contributed by atoms with Gasteiger partial charge >= 0.3 is 0 Å². The lowest BCUT2D eigenvalue weighted by atomic mass is 9.97. The molecule has 0 amide bonds. The van der Waals surface area contributed by atoms with Crippen molar-refractivity contribution < 1.29 is 0 Å². The molecule has 3 rings (SSSR count). The minimum atomic E-state index is 0.502. The molecule has 19 heavy (non-hydrogen) atoms. The van der Waals surface area contributed by atoms with Crippen LogP contribution in [0.3, 0.4) is 0 Å². The van der Waals surface area contributed by atoms with E-state index in [1.165, 1.54) is 60.9 Å². The van der Waals surface area contributed by atoms with Crippen LogP contribution in [0.4, 0.5) is 5.13 Å². The summed E-state index contributed by atoms with van der Waals surface area (Å²) in [5.74, 6) is 0.889. The van der Waals surface area contributed by atoms with Gasteiger partial charge in [-0.1, -0.05) is 13.8 Å². The van der Waals surface area contributed by atoms with Crippen LogP contribution in [0, 0.1) is 5.92 Å². The molecular formula is C15H25N3S. The zero-order valence-electron chi connectivity index (χ0n) is 12.1. The number of hydrogen-bond acceptors (Lipinski definition) is 4. The number of anilines is 1. The lowest BCUT2D eigenvalue weighted by molar-refractivity contribution is 0.436. The first-order chi connectivity index (χ1) is 9.28. The Balaban J connectivity index is 1.77. The fraction of sp³-hybridized carbons (Fsp3) is 0.800. The minimum absolute atomic E-state index is 0.502. The number of rotatable bonds is 3. The zero-order valence-corrected chi connectivity index (χ0v) is 12.9. The van der Waals surface area contributed by atoms with E-state index in [9.17, 15) is 0 Å². The molecule has 2 heterocycles. The largest absolute Gasteiger partial charge is 0.348 e. The van der Waals surface area contributed by atoms with E-state index in [4.69, 9.17) is 4.98 Å². The molecule has 1 unspecified atom stereocenters. The first-order valence-electron chi connectivity index (χ1n) is 7.76. The molecule has 1 atom stereocenters.